The fourth-order valence-corrected chi connectivity index (χ4v) is 5.92. The third kappa shape index (κ3) is 7.70. The van der Waals surface area contributed by atoms with Crippen LogP contribution in [0.1, 0.15) is 34.8 Å². The standard InChI is InChI=1S/C36H38BrN3O7/c1-43-27-20-31(44-2)29(32(21-27)45-3)23-38-40-35(42)36(22-24-10-5-4-6-11-24)33(28-12-7-8-13-30(28)37)47-34(39-36)25-14-16-26(17-15-25)46-19-9-18-41/h4-8,10-17,20-21,33,38,41H,9,18-19,22-23H2,1-3H3,(H,40,42)/t33-,36-/m0/s1. The summed E-state index contributed by atoms with van der Waals surface area (Å²) in [6.07, 6.45) is 0.0172. The van der Waals surface area contributed by atoms with Crippen molar-refractivity contribution in [2.75, 3.05) is 34.5 Å². The zero-order chi connectivity index (χ0) is 33.2. The van der Waals surface area contributed by atoms with Gasteiger partial charge in [-0.3, -0.25) is 10.2 Å². The first-order valence-electron chi connectivity index (χ1n) is 15.1. The van der Waals surface area contributed by atoms with Crippen LogP contribution in [-0.2, 0) is 22.5 Å². The summed E-state index contributed by atoms with van der Waals surface area (Å²) in [7, 11) is 4.70. The summed E-state index contributed by atoms with van der Waals surface area (Å²) in [5.74, 6) is 2.27. The maximum Gasteiger partial charge on any atom is 0.266 e. The number of carbonyl (C=O) groups is 1. The fourth-order valence-electron chi connectivity index (χ4n) is 5.43. The number of ether oxygens (including phenoxy) is 5. The number of carbonyl (C=O) groups excluding carboxylic acids is 1. The number of hydrogen-bond acceptors (Lipinski definition) is 9. The minimum Gasteiger partial charge on any atom is -0.496 e. The van der Waals surface area contributed by atoms with Crippen LogP contribution in [0.25, 0.3) is 0 Å². The molecule has 4 aromatic rings. The van der Waals surface area contributed by atoms with Gasteiger partial charge in [0.1, 0.15) is 23.0 Å². The maximum atomic E-state index is 14.5. The molecule has 0 radical (unpaired) electrons. The molecule has 0 saturated carbocycles. The summed E-state index contributed by atoms with van der Waals surface area (Å²) in [6, 6.07) is 28.3. The number of halogens is 1. The predicted molar refractivity (Wildman–Crippen MR) is 182 cm³/mol. The van der Waals surface area contributed by atoms with Crippen molar-refractivity contribution >= 4 is 27.7 Å². The normalized spacial score (nSPS) is 17.0. The Labute approximate surface area is 282 Å². The topological polar surface area (TPSA) is 120 Å². The molecule has 11 heteroatoms. The van der Waals surface area contributed by atoms with Gasteiger partial charge in [0.15, 0.2) is 11.6 Å². The van der Waals surface area contributed by atoms with Crippen molar-refractivity contribution in [3.8, 4) is 23.0 Å². The van der Waals surface area contributed by atoms with E-state index in [9.17, 15) is 4.79 Å². The van der Waals surface area contributed by atoms with E-state index in [1.807, 2.05) is 78.9 Å². The molecule has 10 nitrogen and oxygen atoms in total. The number of hydrogen-bond donors (Lipinski definition) is 3. The highest BCUT2D eigenvalue weighted by Crippen LogP contribution is 2.44. The van der Waals surface area contributed by atoms with E-state index in [1.54, 1.807) is 33.5 Å². The van der Waals surface area contributed by atoms with Crippen LogP contribution in [0.5, 0.6) is 23.0 Å². The second-order valence-electron chi connectivity index (χ2n) is 10.8. The van der Waals surface area contributed by atoms with Crippen molar-refractivity contribution in [2.24, 2.45) is 4.99 Å². The first-order chi connectivity index (χ1) is 22.9. The average Bonchev–Trinajstić information content (AvgIpc) is 3.49. The molecule has 0 spiro atoms. The third-order valence-corrected chi connectivity index (χ3v) is 8.54. The van der Waals surface area contributed by atoms with E-state index in [0.717, 1.165) is 15.6 Å². The molecule has 246 valence electrons. The number of aliphatic hydroxyl groups is 1. The third-order valence-electron chi connectivity index (χ3n) is 7.82. The Morgan fingerprint density at radius 3 is 2.23 bits per heavy atom. The highest BCUT2D eigenvalue weighted by Gasteiger charge is 2.54. The highest BCUT2D eigenvalue weighted by molar-refractivity contribution is 9.10. The highest BCUT2D eigenvalue weighted by atomic mass is 79.9. The lowest BCUT2D eigenvalue weighted by atomic mass is 9.82. The van der Waals surface area contributed by atoms with E-state index in [2.05, 4.69) is 26.8 Å². The number of nitrogens with zero attached hydrogens (tertiary/aromatic N) is 1. The Bertz CT molecular complexity index is 1660. The summed E-state index contributed by atoms with van der Waals surface area (Å²) in [4.78, 5) is 19.6. The van der Waals surface area contributed by atoms with E-state index in [0.29, 0.717) is 53.1 Å². The molecular weight excluding hydrogens is 666 g/mol. The van der Waals surface area contributed by atoms with Crippen LogP contribution in [0.15, 0.2) is 100 Å². The van der Waals surface area contributed by atoms with Crippen LogP contribution in [0, 0.1) is 0 Å². The summed E-state index contributed by atoms with van der Waals surface area (Å²) in [6.45, 7) is 0.651. The van der Waals surface area contributed by atoms with Gasteiger partial charge in [-0.1, -0.05) is 64.5 Å². The minimum atomic E-state index is -1.40. The van der Waals surface area contributed by atoms with Crippen molar-refractivity contribution in [2.45, 2.75) is 31.0 Å². The van der Waals surface area contributed by atoms with Crippen LogP contribution < -0.4 is 29.8 Å². The van der Waals surface area contributed by atoms with Gasteiger partial charge < -0.3 is 28.8 Å². The average molecular weight is 705 g/mol. The van der Waals surface area contributed by atoms with Crippen molar-refractivity contribution < 1.29 is 33.6 Å². The molecule has 0 unspecified atom stereocenters. The van der Waals surface area contributed by atoms with Gasteiger partial charge in [-0.05, 0) is 35.9 Å². The number of methoxy groups -OCH3 is 3. The number of aliphatic hydroxyl groups excluding tert-OH is 1. The first-order valence-corrected chi connectivity index (χ1v) is 15.9. The molecule has 0 fully saturated rings. The smallest absolute Gasteiger partial charge is 0.266 e. The fraction of sp³-hybridized carbons (Fsp3) is 0.278. The van der Waals surface area contributed by atoms with Gasteiger partial charge in [0, 0.05) is 53.7 Å². The molecule has 1 heterocycles. The quantitative estimate of drug-likeness (QED) is 0.109. The van der Waals surface area contributed by atoms with Gasteiger partial charge in [-0.2, -0.15) is 0 Å². The molecule has 47 heavy (non-hydrogen) atoms. The Morgan fingerprint density at radius 1 is 0.915 bits per heavy atom. The summed E-state index contributed by atoms with van der Waals surface area (Å²) >= 11 is 3.68. The molecule has 0 bridgehead atoms. The van der Waals surface area contributed by atoms with Crippen LogP contribution in [-0.4, -0.2) is 57.0 Å². The molecule has 2 atom stereocenters. The van der Waals surface area contributed by atoms with E-state index in [-0.39, 0.29) is 25.5 Å². The van der Waals surface area contributed by atoms with Crippen molar-refractivity contribution in [3.63, 3.8) is 0 Å². The molecular formula is C36H38BrN3O7. The Kier molecular flexibility index (Phi) is 11.4. The van der Waals surface area contributed by atoms with Crippen molar-refractivity contribution in [3.05, 3.63) is 118 Å². The van der Waals surface area contributed by atoms with E-state index < -0.39 is 11.6 Å². The maximum absolute atomic E-state index is 14.5. The molecule has 0 aliphatic carbocycles. The molecule has 0 saturated heterocycles. The summed E-state index contributed by atoms with van der Waals surface area (Å²) < 4.78 is 29.7. The number of aliphatic imine (C=N–C) groups is 1. The van der Waals surface area contributed by atoms with E-state index in [1.165, 1.54) is 0 Å². The van der Waals surface area contributed by atoms with Crippen LogP contribution >= 0.6 is 15.9 Å². The Hall–Kier alpha value is -4.58. The van der Waals surface area contributed by atoms with Crippen molar-refractivity contribution in [1.82, 2.24) is 10.9 Å². The molecule has 1 aliphatic rings. The van der Waals surface area contributed by atoms with Gasteiger partial charge in [0.25, 0.3) is 5.91 Å². The number of hydrazine groups is 1. The van der Waals surface area contributed by atoms with Gasteiger partial charge in [0.05, 0.1) is 33.5 Å². The summed E-state index contributed by atoms with van der Waals surface area (Å²) in [5.41, 5.74) is 7.68. The Morgan fingerprint density at radius 2 is 1.60 bits per heavy atom. The number of rotatable bonds is 15. The summed E-state index contributed by atoms with van der Waals surface area (Å²) in [5, 5.41) is 9.08. The molecule has 5 rings (SSSR count). The second kappa shape index (κ2) is 15.8. The monoisotopic (exact) mass is 703 g/mol. The lowest BCUT2D eigenvalue weighted by molar-refractivity contribution is -0.130. The van der Waals surface area contributed by atoms with E-state index in [4.69, 9.17) is 33.8 Å². The second-order valence-corrected chi connectivity index (χ2v) is 11.6. The predicted octanol–water partition coefficient (Wildman–Crippen LogP) is 5.56. The SMILES string of the molecule is COc1cc(OC)c(CNNC(=O)[C@@]2(Cc3ccccc3)N=C(c3ccc(OCCCO)cc3)O[C@H]2c2ccccc2Br)c(OC)c1. The van der Waals surface area contributed by atoms with Crippen molar-refractivity contribution in [1.29, 1.82) is 0 Å². The Balaban J connectivity index is 1.51. The van der Waals surface area contributed by atoms with E-state index >= 15 is 0 Å². The largest absolute Gasteiger partial charge is 0.496 e. The van der Waals surface area contributed by atoms with Gasteiger partial charge in [0.2, 0.25) is 5.90 Å². The van der Waals surface area contributed by atoms with Gasteiger partial charge in [-0.15, -0.1) is 0 Å². The number of benzene rings is 4. The molecule has 1 amide bonds. The minimum absolute atomic E-state index is 0.0563. The number of nitrogens with one attached hydrogen (secondary N) is 2. The molecule has 4 aromatic carbocycles. The molecule has 3 N–H and O–H groups in total. The molecule has 1 aliphatic heterocycles. The number of amides is 1. The first kappa shape index (κ1) is 33.8. The van der Waals surface area contributed by atoms with Gasteiger partial charge in [-0.25, -0.2) is 10.4 Å². The van der Waals surface area contributed by atoms with Crippen LogP contribution in [0.3, 0.4) is 0 Å². The lowest BCUT2D eigenvalue weighted by Gasteiger charge is -2.31. The zero-order valence-corrected chi connectivity index (χ0v) is 28.1. The van der Waals surface area contributed by atoms with Gasteiger partial charge >= 0.3 is 0 Å². The molecule has 0 aromatic heterocycles. The zero-order valence-electron chi connectivity index (χ0n) is 26.5. The van der Waals surface area contributed by atoms with Crippen LogP contribution in [0.4, 0.5) is 0 Å². The van der Waals surface area contributed by atoms with Crippen LogP contribution in [0.2, 0.25) is 0 Å². The lowest BCUT2D eigenvalue weighted by Crippen LogP contribution is -2.53.